The Balaban J connectivity index is 1.34. The molecule has 0 unspecified atom stereocenters. The first-order valence-electron chi connectivity index (χ1n) is 10.00. The molecule has 2 aromatic rings. The number of benzene rings is 2. The van der Waals surface area contributed by atoms with E-state index < -0.39 is 0 Å². The minimum absolute atomic E-state index is 0.0414. The smallest absolute Gasteiger partial charge is 0.238 e. The second kappa shape index (κ2) is 5.92. The molecule has 2 saturated carbocycles. The summed E-state index contributed by atoms with van der Waals surface area (Å²) in [4.78, 5) is 33.7. The van der Waals surface area contributed by atoms with Crippen LogP contribution in [-0.4, -0.2) is 30.7 Å². The average molecular weight is 388 g/mol. The molecule has 0 spiro atoms. The quantitative estimate of drug-likeness (QED) is 0.759. The molecule has 2 aromatic carbocycles. The Morgan fingerprint density at radius 1 is 0.931 bits per heavy atom. The van der Waals surface area contributed by atoms with Crippen molar-refractivity contribution in [3.05, 3.63) is 60.2 Å². The van der Waals surface area contributed by atoms with Crippen molar-refractivity contribution < 1.29 is 19.2 Å². The summed E-state index contributed by atoms with van der Waals surface area (Å²) in [6.07, 6.45) is 0.728. The first kappa shape index (κ1) is 16.8. The van der Waals surface area contributed by atoms with Crippen LogP contribution in [0.2, 0.25) is 0 Å². The van der Waals surface area contributed by atoms with Crippen LogP contribution < -0.4 is 9.64 Å². The molecule has 6 nitrogen and oxygen atoms in total. The molecule has 0 N–H and O–H groups in total. The van der Waals surface area contributed by atoms with Crippen LogP contribution in [0.3, 0.4) is 0 Å². The Labute approximate surface area is 168 Å². The van der Waals surface area contributed by atoms with Crippen molar-refractivity contribution in [3.8, 4) is 5.75 Å². The fourth-order valence-corrected chi connectivity index (χ4v) is 5.96. The van der Waals surface area contributed by atoms with Crippen molar-refractivity contribution in [1.29, 1.82) is 0 Å². The first-order valence-corrected chi connectivity index (χ1v) is 10.00. The number of anilines is 1. The van der Waals surface area contributed by atoms with E-state index in [0.29, 0.717) is 5.69 Å². The third-order valence-corrected chi connectivity index (χ3v) is 7.09. The third kappa shape index (κ3) is 2.14. The third-order valence-electron chi connectivity index (χ3n) is 7.09. The summed E-state index contributed by atoms with van der Waals surface area (Å²) >= 11 is 0. The number of hydrogen-bond donors (Lipinski definition) is 0. The number of para-hydroxylation sites is 1. The molecule has 2 heterocycles. The van der Waals surface area contributed by atoms with Gasteiger partial charge in [-0.25, -0.2) is 0 Å². The lowest BCUT2D eigenvalue weighted by atomic mass is 9.71. The zero-order chi connectivity index (χ0) is 19.7. The predicted octanol–water partition coefficient (Wildman–Crippen LogP) is 2.87. The zero-order valence-corrected chi connectivity index (χ0v) is 15.9. The maximum Gasteiger partial charge on any atom is 0.238 e. The number of imide groups is 1. The highest BCUT2D eigenvalue weighted by molar-refractivity contribution is 6.23. The Hall–Kier alpha value is -3.15. The van der Waals surface area contributed by atoms with Crippen LogP contribution in [0.25, 0.3) is 0 Å². The summed E-state index contributed by atoms with van der Waals surface area (Å²) in [5, 5.41) is 4.38. The van der Waals surface area contributed by atoms with Crippen LogP contribution in [0.5, 0.6) is 5.75 Å². The van der Waals surface area contributed by atoms with Crippen molar-refractivity contribution in [1.82, 2.24) is 0 Å². The van der Waals surface area contributed by atoms with E-state index in [9.17, 15) is 9.59 Å². The minimum atomic E-state index is -0.292. The molecule has 6 atom stereocenters. The van der Waals surface area contributed by atoms with Crippen molar-refractivity contribution in [2.45, 2.75) is 12.5 Å². The summed E-state index contributed by atoms with van der Waals surface area (Å²) in [6, 6.07) is 17.0. The van der Waals surface area contributed by atoms with Crippen molar-refractivity contribution in [2.75, 3.05) is 12.0 Å². The van der Waals surface area contributed by atoms with E-state index in [1.165, 1.54) is 4.90 Å². The molecule has 29 heavy (non-hydrogen) atoms. The van der Waals surface area contributed by atoms with Gasteiger partial charge in [0.15, 0.2) is 0 Å². The van der Waals surface area contributed by atoms with E-state index >= 15 is 0 Å². The Bertz CT molecular complexity index is 1030. The van der Waals surface area contributed by atoms with Crippen molar-refractivity contribution >= 4 is 23.2 Å². The molecular formula is C23H20N2O4. The Kier molecular flexibility index (Phi) is 3.43. The number of hydrogen-bond acceptors (Lipinski definition) is 5. The highest BCUT2D eigenvalue weighted by Crippen LogP contribution is 2.62. The maximum atomic E-state index is 13.3. The van der Waals surface area contributed by atoms with Crippen LogP contribution in [0.1, 0.15) is 12.0 Å². The number of ether oxygens (including phenoxy) is 1. The van der Waals surface area contributed by atoms with E-state index in [1.54, 1.807) is 7.11 Å². The van der Waals surface area contributed by atoms with Gasteiger partial charge in [-0.05, 0) is 48.7 Å². The molecule has 2 bridgehead atoms. The van der Waals surface area contributed by atoms with Gasteiger partial charge in [0.1, 0.15) is 11.9 Å². The van der Waals surface area contributed by atoms with E-state index in [2.05, 4.69) is 5.16 Å². The molecule has 1 saturated heterocycles. The van der Waals surface area contributed by atoms with Crippen LogP contribution in [0, 0.1) is 29.6 Å². The molecular weight excluding hydrogens is 368 g/mol. The molecule has 0 radical (unpaired) electrons. The van der Waals surface area contributed by atoms with Crippen LogP contribution >= 0.6 is 0 Å². The lowest BCUT2D eigenvalue weighted by Crippen LogP contribution is -2.41. The van der Waals surface area contributed by atoms with Gasteiger partial charge in [-0.1, -0.05) is 23.4 Å². The fourth-order valence-electron chi connectivity index (χ4n) is 5.96. The number of rotatable bonds is 3. The molecule has 2 amide bonds. The van der Waals surface area contributed by atoms with Gasteiger partial charge in [-0.15, -0.1) is 0 Å². The largest absolute Gasteiger partial charge is 0.497 e. The molecule has 4 aliphatic rings. The number of oxime groups is 1. The van der Waals surface area contributed by atoms with Crippen LogP contribution in [0.15, 0.2) is 59.8 Å². The Morgan fingerprint density at radius 2 is 1.62 bits per heavy atom. The number of carbonyl (C=O) groups is 2. The van der Waals surface area contributed by atoms with Crippen LogP contribution in [-0.2, 0) is 14.4 Å². The van der Waals surface area contributed by atoms with E-state index in [-0.39, 0.29) is 47.5 Å². The molecule has 2 aliphatic heterocycles. The predicted molar refractivity (Wildman–Crippen MR) is 105 cm³/mol. The number of nitrogens with zero attached hydrogens (tertiary/aromatic N) is 2. The fraction of sp³-hybridized carbons (Fsp3) is 0.348. The van der Waals surface area contributed by atoms with Crippen LogP contribution in [0.4, 0.5) is 5.69 Å². The van der Waals surface area contributed by atoms with E-state index in [4.69, 9.17) is 9.57 Å². The number of fused-ring (bicyclic) bond motifs is 8. The molecule has 146 valence electrons. The standard InChI is InChI=1S/C23H20N2O4/c1-28-14-9-7-12(8-10-14)20-19-15-11-16(21(19)29-24-20)18-17(15)22(26)25(23(18)27)13-5-3-2-4-6-13/h2-10,15-19,21H,11H2,1H3/t15-,16+,17+,18-,19-,21-/m1/s1. The number of carbonyl (C=O) groups excluding carboxylic acids is 2. The second-order valence-electron chi connectivity index (χ2n) is 8.26. The maximum absolute atomic E-state index is 13.3. The van der Waals surface area contributed by atoms with Gasteiger partial charge in [0.25, 0.3) is 0 Å². The summed E-state index contributed by atoms with van der Waals surface area (Å²) in [6.45, 7) is 0. The normalized spacial score (nSPS) is 34.1. The monoisotopic (exact) mass is 388 g/mol. The highest BCUT2D eigenvalue weighted by atomic mass is 16.6. The molecule has 6 rings (SSSR count). The van der Waals surface area contributed by atoms with Gasteiger partial charge in [-0.3, -0.25) is 14.5 Å². The summed E-state index contributed by atoms with van der Waals surface area (Å²) < 4.78 is 5.25. The SMILES string of the molecule is COc1ccc(C2=NO[C@@H]3[C@H]4C[C@@H]([C@H]23)[C@@H]2C(=O)N(c3ccccc3)C(=O)[C@H]42)cc1. The molecule has 3 fully saturated rings. The average Bonchev–Trinajstić information content (AvgIpc) is 3.49. The topological polar surface area (TPSA) is 68.2 Å². The van der Waals surface area contributed by atoms with Gasteiger partial charge < -0.3 is 9.57 Å². The van der Waals surface area contributed by atoms with Gasteiger partial charge in [0.2, 0.25) is 11.8 Å². The van der Waals surface area contributed by atoms with Gasteiger partial charge in [0, 0.05) is 17.4 Å². The molecule has 2 aliphatic carbocycles. The van der Waals surface area contributed by atoms with Gasteiger partial charge in [0.05, 0.1) is 30.3 Å². The summed E-state index contributed by atoms with van der Waals surface area (Å²) in [5.74, 6) is 0.244. The highest BCUT2D eigenvalue weighted by Gasteiger charge is 2.70. The van der Waals surface area contributed by atoms with E-state index in [1.807, 2.05) is 54.6 Å². The van der Waals surface area contributed by atoms with Gasteiger partial charge >= 0.3 is 0 Å². The van der Waals surface area contributed by atoms with Gasteiger partial charge in [-0.2, -0.15) is 0 Å². The summed E-state index contributed by atoms with van der Waals surface area (Å²) in [7, 11) is 1.64. The van der Waals surface area contributed by atoms with E-state index in [0.717, 1.165) is 23.4 Å². The Morgan fingerprint density at radius 3 is 2.31 bits per heavy atom. The minimum Gasteiger partial charge on any atom is -0.497 e. The lowest BCUT2D eigenvalue weighted by Gasteiger charge is -2.29. The van der Waals surface area contributed by atoms with Crippen molar-refractivity contribution in [3.63, 3.8) is 0 Å². The summed E-state index contributed by atoms with van der Waals surface area (Å²) in [5.41, 5.74) is 2.53. The number of methoxy groups -OCH3 is 1. The first-order chi connectivity index (χ1) is 14.2. The second-order valence-corrected chi connectivity index (χ2v) is 8.26. The number of amides is 2. The lowest BCUT2D eigenvalue weighted by molar-refractivity contribution is -0.125. The molecule has 6 heteroatoms. The van der Waals surface area contributed by atoms with Crippen molar-refractivity contribution in [2.24, 2.45) is 34.7 Å². The zero-order valence-electron chi connectivity index (χ0n) is 15.9. The molecule has 0 aromatic heterocycles.